The predicted molar refractivity (Wildman–Crippen MR) is 119 cm³/mol. The van der Waals surface area contributed by atoms with E-state index in [0.717, 1.165) is 29.7 Å². The molecule has 0 unspecified atom stereocenters. The molecule has 0 saturated heterocycles. The summed E-state index contributed by atoms with van der Waals surface area (Å²) in [5.74, 6) is -0.464. The first-order valence-corrected chi connectivity index (χ1v) is 10.3. The Labute approximate surface area is 180 Å². The summed E-state index contributed by atoms with van der Waals surface area (Å²) >= 11 is 0. The first-order valence-electron chi connectivity index (χ1n) is 10.3. The molecule has 0 atom stereocenters. The quantitative estimate of drug-likeness (QED) is 0.414. The number of anilines is 1. The fourth-order valence-electron chi connectivity index (χ4n) is 3.48. The van der Waals surface area contributed by atoms with Crippen LogP contribution in [0.25, 0.3) is 16.6 Å². The van der Waals surface area contributed by atoms with Gasteiger partial charge in [-0.25, -0.2) is 9.48 Å². The summed E-state index contributed by atoms with van der Waals surface area (Å²) in [6.07, 6.45) is 5.78. The van der Waals surface area contributed by atoms with Crippen molar-refractivity contribution in [2.45, 2.75) is 26.2 Å². The van der Waals surface area contributed by atoms with Gasteiger partial charge >= 0.3 is 5.97 Å². The fourth-order valence-corrected chi connectivity index (χ4v) is 3.48. The van der Waals surface area contributed by atoms with E-state index < -0.39 is 5.97 Å². The minimum absolute atomic E-state index is 0.0173. The number of nitrogens with one attached hydrogen (secondary N) is 2. The Morgan fingerprint density at radius 3 is 2.71 bits per heavy atom. The average Bonchev–Trinajstić information content (AvgIpc) is 3.43. The van der Waals surface area contributed by atoms with Gasteiger partial charge in [0.25, 0.3) is 0 Å². The maximum absolute atomic E-state index is 12.3. The number of para-hydroxylation sites is 1. The Hall–Kier alpha value is -3.87. The van der Waals surface area contributed by atoms with Crippen molar-refractivity contribution in [3.05, 3.63) is 78.2 Å². The molecule has 2 aromatic heterocycles. The van der Waals surface area contributed by atoms with Crippen LogP contribution >= 0.6 is 0 Å². The number of benzene rings is 2. The van der Waals surface area contributed by atoms with E-state index in [-0.39, 0.29) is 11.6 Å². The molecule has 31 heavy (non-hydrogen) atoms. The number of fused-ring (bicyclic) bond motifs is 1. The van der Waals surface area contributed by atoms with Crippen LogP contribution in [0.4, 0.5) is 5.69 Å². The number of ether oxygens (including phenoxy) is 1. The number of carbonyl (C=O) groups is 2. The van der Waals surface area contributed by atoms with Gasteiger partial charge in [0, 0.05) is 35.4 Å². The lowest BCUT2D eigenvalue weighted by molar-refractivity contribution is -0.116. The zero-order valence-corrected chi connectivity index (χ0v) is 17.3. The van der Waals surface area contributed by atoms with Gasteiger partial charge in [-0.2, -0.15) is 5.10 Å². The molecule has 7 nitrogen and oxygen atoms in total. The van der Waals surface area contributed by atoms with Crippen molar-refractivity contribution in [2.24, 2.45) is 0 Å². The zero-order chi connectivity index (χ0) is 21.6. The van der Waals surface area contributed by atoms with Crippen molar-refractivity contribution >= 4 is 28.5 Å². The predicted octanol–water partition coefficient (Wildman–Crippen LogP) is 4.49. The number of carbonyl (C=O) groups excluding carboxylic acids is 2. The van der Waals surface area contributed by atoms with Crippen molar-refractivity contribution in [1.29, 1.82) is 0 Å². The van der Waals surface area contributed by atoms with Gasteiger partial charge in [-0.05, 0) is 61.7 Å². The number of aromatic nitrogens is 3. The van der Waals surface area contributed by atoms with Crippen LogP contribution < -0.4 is 5.32 Å². The van der Waals surface area contributed by atoms with Crippen LogP contribution in [0.3, 0.4) is 0 Å². The van der Waals surface area contributed by atoms with E-state index in [1.54, 1.807) is 23.9 Å². The van der Waals surface area contributed by atoms with Gasteiger partial charge < -0.3 is 15.0 Å². The lowest BCUT2D eigenvalue weighted by atomic mass is 10.1. The van der Waals surface area contributed by atoms with E-state index >= 15 is 0 Å². The Balaban J connectivity index is 1.29. The molecule has 0 radical (unpaired) electrons. The van der Waals surface area contributed by atoms with Gasteiger partial charge in [0.15, 0.2) is 5.69 Å². The van der Waals surface area contributed by atoms with E-state index in [1.165, 1.54) is 10.9 Å². The Kier molecular flexibility index (Phi) is 6.12. The highest BCUT2D eigenvalue weighted by molar-refractivity contribution is 5.91. The number of hydrogen-bond acceptors (Lipinski definition) is 4. The second-order valence-electron chi connectivity index (χ2n) is 7.17. The van der Waals surface area contributed by atoms with Crippen molar-refractivity contribution in [3.63, 3.8) is 0 Å². The van der Waals surface area contributed by atoms with Crippen LogP contribution in [0.1, 0.15) is 35.8 Å². The third-order valence-electron chi connectivity index (χ3n) is 5.01. The van der Waals surface area contributed by atoms with Crippen LogP contribution in [0, 0.1) is 0 Å². The number of esters is 1. The molecule has 158 valence electrons. The molecule has 0 bridgehead atoms. The Morgan fingerprint density at radius 2 is 1.90 bits per heavy atom. The summed E-state index contributed by atoms with van der Waals surface area (Å²) in [6.45, 7) is 2.06. The monoisotopic (exact) mass is 416 g/mol. The molecule has 0 saturated carbocycles. The van der Waals surface area contributed by atoms with Crippen LogP contribution in [0.2, 0.25) is 0 Å². The minimum atomic E-state index is -0.447. The van der Waals surface area contributed by atoms with Gasteiger partial charge in [0.1, 0.15) is 0 Å². The summed E-state index contributed by atoms with van der Waals surface area (Å²) < 4.78 is 6.55. The number of amides is 1. The zero-order valence-electron chi connectivity index (χ0n) is 17.3. The van der Waals surface area contributed by atoms with Crippen LogP contribution in [0.15, 0.2) is 67.0 Å². The minimum Gasteiger partial charge on any atom is -0.461 e. The fraction of sp³-hybridized carbons (Fsp3) is 0.208. The first-order chi connectivity index (χ1) is 15.1. The Bertz CT molecular complexity index is 1190. The highest BCUT2D eigenvalue weighted by Gasteiger charge is 2.11. The van der Waals surface area contributed by atoms with Crippen molar-refractivity contribution in [3.8, 4) is 5.69 Å². The maximum Gasteiger partial charge on any atom is 0.358 e. The lowest BCUT2D eigenvalue weighted by Gasteiger charge is -2.07. The average molecular weight is 416 g/mol. The van der Waals surface area contributed by atoms with Gasteiger partial charge in [-0.3, -0.25) is 4.79 Å². The Morgan fingerprint density at radius 1 is 1.10 bits per heavy atom. The second-order valence-corrected chi connectivity index (χ2v) is 7.17. The molecule has 0 aliphatic rings. The van der Waals surface area contributed by atoms with Crippen molar-refractivity contribution in [2.75, 3.05) is 11.9 Å². The summed E-state index contributed by atoms with van der Waals surface area (Å²) in [5, 5.41) is 8.37. The molecule has 2 N–H and O–H groups in total. The molecule has 2 heterocycles. The normalized spacial score (nSPS) is 10.9. The van der Waals surface area contributed by atoms with Crippen LogP contribution in [0.5, 0.6) is 0 Å². The molecule has 4 aromatic rings. The molecule has 0 aliphatic heterocycles. The molecule has 0 aliphatic carbocycles. The first kappa shape index (κ1) is 20.4. The molecule has 0 spiro atoms. The van der Waals surface area contributed by atoms with Crippen molar-refractivity contribution in [1.82, 2.24) is 14.8 Å². The van der Waals surface area contributed by atoms with Gasteiger partial charge in [-0.1, -0.05) is 18.2 Å². The molecule has 2 aromatic carbocycles. The molecular formula is C24H24N4O3. The van der Waals surface area contributed by atoms with E-state index in [2.05, 4.69) is 27.5 Å². The molecule has 4 rings (SSSR count). The van der Waals surface area contributed by atoms with E-state index in [1.807, 2.05) is 42.6 Å². The van der Waals surface area contributed by atoms with Crippen LogP contribution in [-0.2, 0) is 16.0 Å². The van der Waals surface area contributed by atoms with Gasteiger partial charge in [0.2, 0.25) is 5.91 Å². The van der Waals surface area contributed by atoms with Crippen LogP contribution in [-0.4, -0.2) is 33.2 Å². The van der Waals surface area contributed by atoms with E-state index in [9.17, 15) is 9.59 Å². The van der Waals surface area contributed by atoms with E-state index in [0.29, 0.717) is 13.0 Å². The number of rotatable bonds is 8. The third-order valence-corrected chi connectivity index (χ3v) is 5.01. The number of aromatic amines is 1. The SMILES string of the molecule is CCOC(=O)c1ccn(-c2ccc(NC(=O)CCCc3c[nH]c4ccccc34)cc2)n1. The summed E-state index contributed by atoms with van der Waals surface area (Å²) in [4.78, 5) is 27.3. The summed E-state index contributed by atoms with van der Waals surface area (Å²) in [5.41, 5.74) is 4.11. The number of nitrogens with zero attached hydrogens (tertiary/aromatic N) is 2. The van der Waals surface area contributed by atoms with Gasteiger partial charge in [-0.15, -0.1) is 0 Å². The highest BCUT2D eigenvalue weighted by Crippen LogP contribution is 2.20. The van der Waals surface area contributed by atoms with Crippen molar-refractivity contribution < 1.29 is 14.3 Å². The summed E-state index contributed by atoms with van der Waals surface area (Å²) in [7, 11) is 0. The topological polar surface area (TPSA) is 89.0 Å². The summed E-state index contributed by atoms with van der Waals surface area (Å²) in [6, 6.07) is 17.1. The smallest absolute Gasteiger partial charge is 0.358 e. The standard InChI is InChI=1S/C24H24N4O3/c1-2-31-24(30)22-14-15-28(27-22)19-12-10-18(11-13-19)26-23(29)9-5-6-17-16-25-21-8-4-3-7-20(17)21/h3-4,7-8,10-16,25H,2,5-6,9H2,1H3,(H,26,29). The van der Waals surface area contributed by atoms with E-state index in [4.69, 9.17) is 4.74 Å². The number of aryl methyl sites for hydroxylation is 1. The number of H-pyrrole nitrogens is 1. The molecule has 0 fully saturated rings. The number of hydrogen-bond donors (Lipinski definition) is 2. The third kappa shape index (κ3) is 4.83. The van der Waals surface area contributed by atoms with Gasteiger partial charge in [0.05, 0.1) is 12.3 Å². The molecule has 7 heteroatoms. The molecular weight excluding hydrogens is 392 g/mol. The molecule has 1 amide bonds. The second kappa shape index (κ2) is 9.30. The lowest BCUT2D eigenvalue weighted by Crippen LogP contribution is -2.11. The maximum atomic E-state index is 12.3. The largest absolute Gasteiger partial charge is 0.461 e. The highest BCUT2D eigenvalue weighted by atomic mass is 16.5.